The molecule has 2 rings (SSSR count). The quantitative estimate of drug-likeness (QED) is 0.845. The predicted molar refractivity (Wildman–Crippen MR) is 68.3 cm³/mol. The Kier molecular flexibility index (Phi) is 4.01. The van der Waals surface area contributed by atoms with E-state index in [9.17, 15) is 13.2 Å². The lowest BCUT2D eigenvalue weighted by Gasteiger charge is -2.15. The van der Waals surface area contributed by atoms with Crippen LogP contribution < -0.4 is 4.72 Å². The van der Waals surface area contributed by atoms with Crippen molar-refractivity contribution in [2.45, 2.75) is 30.3 Å². The molecule has 0 aliphatic heterocycles. The summed E-state index contributed by atoms with van der Waals surface area (Å²) in [5, 5.41) is 17.4. The van der Waals surface area contributed by atoms with Gasteiger partial charge in [-0.15, -0.1) is 0 Å². The molecular formula is C12H13N3O4S. The van der Waals surface area contributed by atoms with Gasteiger partial charge in [0.25, 0.3) is 10.0 Å². The molecule has 0 bridgehead atoms. The van der Waals surface area contributed by atoms with Crippen LogP contribution >= 0.6 is 0 Å². The van der Waals surface area contributed by atoms with Crippen LogP contribution in [-0.2, 0) is 10.0 Å². The third-order valence-electron chi connectivity index (χ3n) is 3.25. The van der Waals surface area contributed by atoms with Crippen molar-refractivity contribution in [1.29, 1.82) is 5.26 Å². The monoisotopic (exact) mass is 295 g/mol. The second-order valence-corrected chi connectivity index (χ2v) is 6.25. The lowest BCUT2D eigenvalue weighted by atomic mass is 10.1. The van der Waals surface area contributed by atoms with Gasteiger partial charge in [-0.3, -0.25) is 0 Å². The first kappa shape index (κ1) is 14.4. The number of carboxylic acids is 1. The lowest BCUT2D eigenvalue weighted by molar-refractivity contribution is 0.0696. The van der Waals surface area contributed by atoms with Gasteiger partial charge in [-0.1, -0.05) is 6.42 Å². The average Bonchev–Trinajstić information content (AvgIpc) is 2.85. The van der Waals surface area contributed by atoms with Crippen LogP contribution in [0.2, 0.25) is 0 Å². The van der Waals surface area contributed by atoms with Gasteiger partial charge in [-0.05, 0) is 25.0 Å². The highest BCUT2D eigenvalue weighted by molar-refractivity contribution is 7.89. The van der Waals surface area contributed by atoms with Crippen molar-refractivity contribution in [2.24, 2.45) is 5.92 Å². The first-order valence-electron chi connectivity index (χ1n) is 6.05. The van der Waals surface area contributed by atoms with Crippen molar-refractivity contribution >= 4 is 16.0 Å². The Labute approximate surface area is 116 Å². The zero-order valence-corrected chi connectivity index (χ0v) is 11.3. The van der Waals surface area contributed by atoms with Gasteiger partial charge in [0, 0.05) is 12.2 Å². The molecule has 1 aliphatic carbocycles. The van der Waals surface area contributed by atoms with E-state index < -0.39 is 22.0 Å². The molecule has 0 aromatic carbocycles. The van der Waals surface area contributed by atoms with Crippen LogP contribution in [-0.4, -0.2) is 30.5 Å². The Hall–Kier alpha value is -1.98. The van der Waals surface area contributed by atoms with Crippen LogP contribution in [0, 0.1) is 17.2 Å². The van der Waals surface area contributed by atoms with Crippen molar-refractivity contribution in [3.8, 4) is 6.07 Å². The zero-order valence-electron chi connectivity index (χ0n) is 10.5. The number of nitriles is 1. The molecule has 2 unspecified atom stereocenters. The second kappa shape index (κ2) is 5.56. The molecule has 20 heavy (non-hydrogen) atoms. The Morgan fingerprint density at radius 1 is 1.45 bits per heavy atom. The highest BCUT2D eigenvalue weighted by Gasteiger charge is 2.31. The average molecular weight is 295 g/mol. The van der Waals surface area contributed by atoms with E-state index in [2.05, 4.69) is 15.8 Å². The summed E-state index contributed by atoms with van der Waals surface area (Å²) in [5.41, 5.74) is -0.0836. The summed E-state index contributed by atoms with van der Waals surface area (Å²) in [7, 11) is -3.83. The zero-order chi connectivity index (χ0) is 14.8. The standard InChI is InChI=1S/C12H13N3O4S/c13-6-8-2-1-3-10(8)15-20(18,19)11-5-4-9(7-14-11)12(16)17/h4-5,7-8,10,15H,1-3H2,(H,16,17). The lowest BCUT2D eigenvalue weighted by Crippen LogP contribution is -2.37. The Bertz CT molecular complexity index is 648. The third-order valence-corrected chi connectivity index (χ3v) is 4.65. The van der Waals surface area contributed by atoms with Crippen LogP contribution in [0.4, 0.5) is 0 Å². The molecule has 0 radical (unpaired) electrons. The molecule has 0 saturated heterocycles. The number of carbonyl (C=O) groups is 1. The maximum absolute atomic E-state index is 12.1. The molecule has 106 valence electrons. The molecule has 1 aliphatic rings. The van der Waals surface area contributed by atoms with Crippen LogP contribution in [0.1, 0.15) is 29.6 Å². The van der Waals surface area contributed by atoms with Crippen LogP contribution in [0.15, 0.2) is 23.4 Å². The van der Waals surface area contributed by atoms with Gasteiger partial charge < -0.3 is 5.11 Å². The van der Waals surface area contributed by atoms with Gasteiger partial charge >= 0.3 is 5.97 Å². The number of nitrogens with zero attached hydrogens (tertiary/aromatic N) is 2. The number of sulfonamides is 1. The Balaban J connectivity index is 2.18. The molecule has 2 atom stereocenters. The Morgan fingerprint density at radius 2 is 2.20 bits per heavy atom. The maximum atomic E-state index is 12.1. The van der Waals surface area contributed by atoms with Crippen molar-refractivity contribution in [3.05, 3.63) is 23.9 Å². The SMILES string of the molecule is N#CC1CCCC1NS(=O)(=O)c1ccc(C(=O)O)cn1. The fraction of sp³-hybridized carbons (Fsp3) is 0.417. The number of nitrogens with one attached hydrogen (secondary N) is 1. The number of hydrogen-bond donors (Lipinski definition) is 2. The summed E-state index contributed by atoms with van der Waals surface area (Å²) in [6.07, 6.45) is 3.09. The van der Waals surface area contributed by atoms with Gasteiger partial charge in [0.2, 0.25) is 0 Å². The molecule has 1 aromatic rings. The summed E-state index contributed by atoms with van der Waals surface area (Å²) in [6.45, 7) is 0. The van der Waals surface area contributed by atoms with Gasteiger partial charge in [0.1, 0.15) is 0 Å². The minimum absolute atomic E-state index is 0.0836. The summed E-state index contributed by atoms with van der Waals surface area (Å²) in [6, 6.07) is 4.00. The van der Waals surface area contributed by atoms with Crippen molar-refractivity contribution in [2.75, 3.05) is 0 Å². The Morgan fingerprint density at radius 3 is 2.75 bits per heavy atom. The van der Waals surface area contributed by atoms with E-state index in [0.29, 0.717) is 12.8 Å². The first-order chi connectivity index (χ1) is 9.44. The fourth-order valence-corrected chi connectivity index (χ4v) is 3.42. The van der Waals surface area contributed by atoms with E-state index in [-0.39, 0.29) is 16.5 Å². The topological polar surface area (TPSA) is 120 Å². The van der Waals surface area contributed by atoms with Gasteiger partial charge in [-0.25, -0.2) is 22.9 Å². The maximum Gasteiger partial charge on any atom is 0.337 e. The van der Waals surface area contributed by atoms with E-state index in [1.165, 1.54) is 6.07 Å². The van der Waals surface area contributed by atoms with Crippen LogP contribution in [0.25, 0.3) is 0 Å². The molecule has 1 heterocycles. The minimum atomic E-state index is -3.83. The van der Waals surface area contributed by atoms with Gasteiger partial charge in [-0.2, -0.15) is 5.26 Å². The summed E-state index contributed by atoms with van der Waals surface area (Å²) >= 11 is 0. The number of rotatable bonds is 4. The van der Waals surface area contributed by atoms with Crippen molar-refractivity contribution in [3.63, 3.8) is 0 Å². The molecule has 7 nitrogen and oxygen atoms in total. The number of carboxylic acid groups (broad SMARTS) is 1. The van der Waals surface area contributed by atoms with E-state index in [0.717, 1.165) is 18.7 Å². The number of hydrogen-bond acceptors (Lipinski definition) is 5. The predicted octanol–water partition coefficient (Wildman–Crippen LogP) is 0.750. The number of pyridine rings is 1. The first-order valence-corrected chi connectivity index (χ1v) is 7.53. The summed E-state index contributed by atoms with van der Waals surface area (Å²) < 4.78 is 26.7. The molecule has 1 saturated carbocycles. The summed E-state index contributed by atoms with van der Waals surface area (Å²) in [4.78, 5) is 14.3. The minimum Gasteiger partial charge on any atom is -0.478 e. The van der Waals surface area contributed by atoms with Gasteiger partial charge in [0.05, 0.1) is 17.6 Å². The van der Waals surface area contributed by atoms with E-state index in [1.54, 1.807) is 0 Å². The molecule has 0 spiro atoms. The van der Waals surface area contributed by atoms with E-state index in [1.807, 2.05) is 0 Å². The molecule has 0 amide bonds. The summed E-state index contributed by atoms with van der Waals surface area (Å²) in [5.74, 6) is -1.50. The largest absolute Gasteiger partial charge is 0.478 e. The molecule has 8 heteroatoms. The highest BCUT2D eigenvalue weighted by Crippen LogP contribution is 2.26. The van der Waals surface area contributed by atoms with Gasteiger partial charge in [0.15, 0.2) is 5.03 Å². The molecule has 1 fully saturated rings. The van der Waals surface area contributed by atoms with Crippen LogP contribution in [0.3, 0.4) is 0 Å². The van der Waals surface area contributed by atoms with E-state index >= 15 is 0 Å². The fourth-order valence-electron chi connectivity index (χ4n) is 2.18. The van der Waals surface area contributed by atoms with Crippen LogP contribution in [0.5, 0.6) is 0 Å². The number of aromatic carboxylic acids is 1. The van der Waals surface area contributed by atoms with Crippen molar-refractivity contribution in [1.82, 2.24) is 9.71 Å². The smallest absolute Gasteiger partial charge is 0.337 e. The normalized spacial score (nSPS) is 22.4. The molecule has 1 aromatic heterocycles. The molecular weight excluding hydrogens is 282 g/mol. The second-order valence-electron chi connectivity index (χ2n) is 4.58. The third kappa shape index (κ3) is 2.95. The van der Waals surface area contributed by atoms with Crippen molar-refractivity contribution < 1.29 is 18.3 Å². The number of aromatic nitrogens is 1. The van der Waals surface area contributed by atoms with E-state index in [4.69, 9.17) is 10.4 Å². The highest BCUT2D eigenvalue weighted by atomic mass is 32.2. The molecule has 2 N–H and O–H groups in total.